The molecule has 2 aromatic rings. The van der Waals surface area contributed by atoms with Gasteiger partial charge in [-0.3, -0.25) is 0 Å². The van der Waals surface area contributed by atoms with Crippen molar-refractivity contribution in [3.63, 3.8) is 0 Å². The van der Waals surface area contributed by atoms with E-state index in [0.29, 0.717) is 5.69 Å². The van der Waals surface area contributed by atoms with Gasteiger partial charge in [-0.2, -0.15) is 5.10 Å². The summed E-state index contributed by atoms with van der Waals surface area (Å²) < 4.78 is 38.1. The third kappa shape index (κ3) is 3.98. The van der Waals surface area contributed by atoms with Crippen molar-refractivity contribution in [3.8, 4) is 5.69 Å². The highest BCUT2D eigenvalue weighted by atomic mass is 32.2. The van der Waals surface area contributed by atoms with Gasteiger partial charge in [-0.25, -0.2) is 22.3 Å². The third-order valence-corrected chi connectivity index (χ3v) is 5.78. The highest BCUT2D eigenvalue weighted by Gasteiger charge is 2.26. The van der Waals surface area contributed by atoms with Gasteiger partial charge in [0.05, 0.1) is 23.7 Å². The van der Waals surface area contributed by atoms with Gasteiger partial charge in [0, 0.05) is 24.8 Å². The minimum atomic E-state index is -3.03. The lowest BCUT2D eigenvalue weighted by atomic mass is 10.2. The number of carbonyl (C=O) groups excluding carboxylic acids is 1. The van der Waals surface area contributed by atoms with Crippen LogP contribution in [0.15, 0.2) is 36.7 Å². The third-order valence-electron chi connectivity index (χ3n) is 4.17. The fourth-order valence-electron chi connectivity index (χ4n) is 2.60. The number of urea groups is 1. The average molecular weight is 366 g/mol. The smallest absolute Gasteiger partial charge is 0.317 e. The summed E-state index contributed by atoms with van der Waals surface area (Å²) in [7, 11) is -3.03. The molecule has 1 saturated heterocycles. The predicted molar refractivity (Wildman–Crippen MR) is 90.7 cm³/mol. The van der Waals surface area contributed by atoms with Crippen LogP contribution in [0, 0.1) is 5.82 Å². The molecule has 134 valence electrons. The second kappa shape index (κ2) is 6.83. The van der Waals surface area contributed by atoms with E-state index in [1.54, 1.807) is 37.5 Å². The highest BCUT2D eigenvalue weighted by molar-refractivity contribution is 7.91. The Morgan fingerprint density at radius 3 is 2.64 bits per heavy atom. The van der Waals surface area contributed by atoms with Crippen molar-refractivity contribution >= 4 is 15.9 Å². The molecule has 1 atom stereocenters. The number of para-hydroxylation sites is 1. The quantitative estimate of drug-likeness (QED) is 0.892. The van der Waals surface area contributed by atoms with Crippen LogP contribution in [0.2, 0.25) is 0 Å². The van der Waals surface area contributed by atoms with Gasteiger partial charge in [0.15, 0.2) is 9.84 Å². The molecule has 1 N–H and O–H groups in total. The van der Waals surface area contributed by atoms with Gasteiger partial charge >= 0.3 is 6.03 Å². The minimum absolute atomic E-state index is 0.0139. The van der Waals surface area contributed by atoms with E-state index in [9.17, 15) is 17.6 Å². The molecule has 0 aliphatic carbocycles. The molecule has 1 fully saturated rings. The first-order chi connectivity index (χ1) is 11.9. The Morgan fingerprint density at radius 1 is 1.28 bits per heavy atom. The number of rotatable bonds is 3. The Morgan fingerprint density at radius 2 is 1.96 bits per heavy atom. The van der Waals surface area contributed by atoms with E-state index < -0.39 is 9.84 Å². The molecule has 9 heteroatoms. The standard InChI is InChI=1S/C16H19FN4O3S/c1-12(19-16(22)20-6-8-25(23,24)9-7-20)13-10-18-21(11-13)15-5-3-2-4-14(15)17/h2-5,10-12H,6-9H2,1H3,(H,19,22)/t12-/m1/s1. The summed E-state index contributed by atoms with van der Waals surface area (Å²) in [6.07, 6.45) is 3.22. The topological polar surface area (TPSA) is 84.3 Å². The summed E-state index contributed by atoms with van der Waals surface area (Å²) in [6, 6.07) is 5.63. The van der Waals surface area contributed by atoms with E-state index in [1.165, 1.54) is 15.6 Å². The first kappa shape index (κ1) is 17.4. The molecule has 1 aromatic carbocycles. The summed E-state index contributed by atoms with van der Waals surface area (Å²) in [4.78, 5) is 13.7. The van der Waals surface area contributed by atoms with E-state index in [-0.39, 0.29) is 42.5 Å². The highest BCUT2D eigenvalue weighted by Crippen LogP contribution is 2.17. The zero-order chi connectivity index (χ0) is 18.0. The van der Waals surface area contributed by atoms with E-state index in [0.717, 1.165) is 5.56 Å². The lowest BCUT2D eigenvalue weighted by Gasteiger charge is -2.28. The van der Waals surface area contributed by atoms with Crippen LogP contribution in [0.4, 0.5) is 9.18 Å². The maximum Gasteiger partial charge on any atom is 0.317 e. The normalized spacial score (nSPS) is 17.9. The first-order valence-electron chi connectivity index (χ1n) is 7.91. The minimum Gasteiger partial charge on any atom is -0.331 e. The van der Waals surface area contributed by atoms with Crippen molar-refractivity contribution in [2.45, 2.75) is 13.0 Å². The van der Waals surface area contributed by atoms with Crippen molar-refractivity contribution in [2.24, 2.45) is 0 Å². The van der Waals surface area contributed by atoms with Crippen molar-refractivity contribution in [3.05, 3.63) is 48.0 Å². The van der Waals surface area contributed by atoms with Crippen molar-refractivity contribution in [2.75, 3.05) is 24.6 Å². The molecule has 0 radical (unpaired) electrons. The van der Waals surface area contributed by atoms with Crippen LogP contribution < -0.4 is 5.32 Å². The van der Waals surface area contributed by atoms with Crippen molar-refractivity contribution in [1.29, 1.82) is 0 Å². The molecule has 2 amide bonds. The number of halogens is 1. The molecular formula is C16H19FN4O3S. The molecule has 3 rings (SSSR count). The molecule has 1 aromatic heterocycles. The first-order valence-corrected chi connectivity index (χ1v) is 9.73. The maximum absolute atomic E-state index is 13.8. The van der Waals surface area contributed by atoms with Crippen LogP contribution in [0.25, 0.3) is 5.69 Å². The van der Waals surface area contributed by atoms with Crippen LogP contribution in [-0.4, -0.2) is 53.7 Å². The van der Waals surface area contributed by atoms with Crippen LogP contribution in [-0.2, 0) is 9.84 Å². The Balaban J connectivity index is 1.65. The van der Waals surface area contributed by atoms with E-state index in [2.05, 4.69) is 10.4 Å². The molecule has 2 heterocycles. The lowest BCUT2D eigenvalue weighted by molar-refractivity contribution is 0.199. The fraction of sp³-hybridized carbons (Fsp3) is 0.375. The zero-order valence-corrected chi connectivity index (χ0v) is 14.5. The van der Waals surface area contributed by atoms with Gasteiger partial charge < -0.3 is 10.2 Å². The average Bonchev–Trinajstić information content (AvgIpc) is 3.05. The van der Waals surface area contributed by atoms with Gasteiger partial charge in [0.1, 0.15) is 11.5 Å². The molecule has 7 nitrogen and oxygen atoms in total. The largest absolute Gasteiger partial charge is 0.331 e. The number of benzene rings is 1. The lowest BCUT2D eigenvalue weighted by Crippen LogP contribution is -2.48. The number of nitrogens with one attached hydrogen (secondary N) is 1. The van der Waals surface area contributed by atoms with Crippen LogP contribution in [0.1, 0.15) is 18.5 Å². The Bertz CT molecular complexity index is 867. The van der Waals surface area contributed by atoms with Crippen LogP contribution in [0.3, 0.4) is 0 Å². The summed E-state index contributed by atoms with van der Waals surface area (Å²) >= 11 is 0. The second-order valence-electron chi connectivity index (χ2n) is 5.98. The van der Waals surface area contributed by atoms with Crippen molar-refractivity contribution < 1.29 is 17.6 Å². The van der Waals surface area contributed by atoms with E-state index in [4.69, 9.17) is 0 Å². The molecule has 25 heavy (non-hydrogen) atoms. The Hall–Kier alpha value is -2.42. The summed E-state index contributed by atoms with van der Waals surface area (Å²) in [5.41, 5.74) is 1.05. The van der Waals surface area contributed by atoms with E-state index >= 15 is 0 Å². The molecule has 0 bridgehead atoms. The Labute approximate surface area is 145 Å². The second-order valence-corrected chi connectivity index (χ2v) is 8.28. The number of amides is 2. The van der Waals surface area contributed by atoms with Gasteiger partial charge in [0.25, 0.3) is 0 Å². The summed E-state index contributed by atoms with van der Waals surface area (Å²) in [6.45, 7) is 2.17. The molecule has 1 aliphatic heterocycles. The molecule has 0 spiro atoms. The number of carbonyl (C=O) groups is 1. The molecule has 0 unspecified atom stereocenters. The molecule has 0 saturated carbocycles. The van der Waals surface area contributed by atoms with Gasteiger partial charge in [-0.1, -0.05) is 12.1 Å². The molecular weight excluding hydrogens is 347 g/mol. The summed E-state index contributed by atoms with van der Waals surface area (Å²) in [5.74, 6) is -0.414. The maximum atomic E-state index is 13.8. The Kier molecular flexibility index (Phi) is 4.76. The predicted octanol–water partition coefficient (Wildman–Crippen LogP) is 1.51. The SMILES string of the molecule is C[C@@H](NC(=O)N1CCS(=O)(=O)CC1)c1cnn(-c2ccccc2F)c1. The van der Waals surface area contributed by atoms with Gasteiger partial charge in [-0.15, -0.1) is 0 Å². The monoisotopic (exact) mass is 366 g/mol. The van der Waals surface area contributed by atoms with Crippen molar-refractivity contribution in [1.82, 2.24) is 20.0 Å². The summed E-state index contributed by atoms with van der Waals surface area (Å²) in [5, 5.41) is 6.96. The van der Waals surface area contributed by atoms with Gasteiger partial charge in [-0.05, 0) is 19.1 Å². The van der Waals surface area contributed by atoms with E-state index in [1.807, 2.05) is 0 Å². The number of hydrogen-bond acceptors (Lipinski definition) is 4. The number of hydrogen-bond donors (Lipinski definition) is 1. The number of nitrogens with zero attached hydrogens (tertiary/aromatic N) is 3. The molecule has 1 aliphatic rings. The van der Waals surface area contributed by atoms with Crippen LogP contribution in [0.5, 0.6) is 0 Å². The van der Waals surface area contributed by atoms with Crippen LogP contribution >= 0.6 is 0 Å². The number of aromatic nitrogens is 2. The fourth-order valence-corrected chi connectivity index (χ4v) is 3.81. The zero-order valence-electron chi connectivity index (χ0n) is 13.7. The number of sulfone groups is 1. The van der Waals surface area contributed by atoms with Gasteiger partial charge in [0.2, 0.25) is 0 Å².